The number of nitro benzene ring substituents is 1. The number of para-hydroxylation sites is 1. The maximum atomic E-state index is 12.3. The lowest BCUT2D eigenvalue weighted by atomic mass is 10.1. The van der Waals surface area contributed by atoms with Crippen molar-refractivity contribution in [1.29, 1.82) is 0 Å². The lowest BCUT2D eigenvalue weighted by Crippen LogP contribution is -2.36. The third kappa shape index (κ3) is 3.89. The molecule has 0 heterocycles. The van der Waals surface area contributed by atoms with Crippen molar-refractivity contribution in [3.63, 3.8) is 0 Å². The molecule has 0 radical (unpaired) electrons. The van der Waals surface area contributed by atoms with Crippen LogP contribution in [0.25, 0.3) is 0 Å². The van der Waals surface area contributed by atoms with Gasteiger partial charge in [-0.2, -0.15) is 0 Å². The monoisotopic (exact) mass is 302 g/mol. The van der Waals surface area contributed by atoms with E-state index in [0.717, 1.165) is 0 Å². The lowest BCUT2D eigenvalue weighted by molar-refractivity contribution is -0.385. The molecular formula is C12H15ClN2O5. The highest BCUT2D eigenvalue weighted by atomic mass is 35.5. The van der Waals surface area contributed by atoms with Gasteiger partial charge in [-0.15, -0.1) is 0 Å². The van der Waals surface area contributed by atoms with Crippen molar-refractivity contribution in [2.24, 2.45) is 0 Å². The third-order valence-electron chi connectivity index (χ3n) is 2.62. The Morgan fingerprint density at radius 3 is 2.75 bits per heavy atom. The predicted molar refractivity (Wildman–Crippen MR) is 73.0 cm³/mol. The number of hydrogen-bond donors (Lipinski definition) is 1. The number of carbonyl (C=O) groups is 1. The molecule has 110 valence electrons. The predicted octanol–water partition coefficient (Wildman–Crippen LogP) is 1.33. The maximum Gasteiger partial charge on any atom is 0.300 e. The van der Waals surface area contributed by atoms with Crippen LogP contribution >= 0.6 is 11.6 Å². The summed E-state index contributed by atoms with van der Waals surface area (Å²) in [4.78, 5) is 23.9. The normalized spacial score (nSPS) is 10.3. The SMILES string of the molecule is COCCN(CCO)C(=O)c1cccc(Cl)c1[N+](=O)[O-]. The van der Waals surface area contributed by atoms with Crippen LogP contribution in [0.5, 0.6) is 0 Å². The van der Waals surface area contributed by atoms with Gasteiger partial charge in [0.25, 0.3) is 5.91 Å². The second-order valence-corrected chi connectivity index (χ2v) is 4.31. The summed E-state index contributed by atoms with van der Waals surface area (Å²) in [5.74, 6) is -0.565. The van der Waals surface area contributed by atoms with Crippen LogP contribution in [0, 0.1) is 10.1 Å². The van der Waals surface area contributed by atoms with Gasteiger partial charge in [0.05, 0.1) is 18.1 Å². The zero-order valence-corrected chi connectivity index (χ0v) is 11.7. The second-order valence-electron chi connectivity index (χ2n) is 3.90. The minimum atomic E-state index is -0.691. The molecule has 0 saturated heterocycles. The molecule has 0 aliphatic carbocycles. The van der Waals surface area contributed by atoms with Gasteiger partial charge in [-0.3, -0.25) is 14.9 Å². The standard InChI is InChI=1S/C12H15ClN2O5/c1-20-8-6-14(5-7-16)12(17)9-3-2-4-10(13)11(9)15(18)19/h2-4,16H,5-8H2,1H3. The molecule has 0 aliphatic rings. The molecule has 1 N–H and O–H groups in total. The largest absolute Gasteiger partial charge is 0.395 e. The number of carbonyl (C=O) groups excluding carboxylic acids is 1. The van der Waals surface area contributed by atoms with Crippen LogP contribution in [-0.4, -0.2) is 54.3 Å². The van der Waals surface area contributed by atoms with E-state index >= 15 is 0 Å². The molecule has 20 heavy (non-hydrogen) atoms. The van der Waals surface area contributed by atoms with E-state index in [0.29, 0.717) is 0 Å². The van der Waals surface area contributed by atoms with E-state index in [1.54, 1.807) is 0 Å². The maximum absolute atomic E-state index is 12.3. The van der Waals surface area contributed by atoms with Crippen LogP contribution in [0.15, 0.2) is 18.2 Å². The van der Waals surface area contributed by atoms with E-state index < -0.39 is 16.5 Å². The number of aliphatic hydroxyl groups is 1. The average Bonchev–Trinajstić information content (AvgIpc) is 2.42. The van der Waals surface area contributed by atoms with Crippen molar-refractivity contribution in [3.8, 4) is 0 Å². The van der Waals surface area contributed by atoms with E-state index in [-0.39, 0.29) is 36.9 Å². The molecule has 8 heteroatoms. The van der Waals surface area contributed by atoms with Gasteiger partial charge < -0.3 is 14.7 Å². The van der Waals surface area contributed by atoms with Gasteiger partial charge >= 0.3 is 5.69 Å². The summed E-state index contributed by atoms with van der Waals surface area (Å²) in [6, 6.07) is 4.15. The lowest BCUT2D eigenvalue weighted by Gasteiger charge is -2.21. The molecule has 0 atom stereocenters. The fourth-order valence-corrected chi connectivity index (χ4v) is 1.92. The van der Waals surface area contributed by atoms with Gasteiger partial charge in [0.15, 0.2) is 0 Å². The second kappa shape index (κ2) is 7.78. The summed E-state index contributed by atoms with van der Waals surface area (Å²) < 4.78 is 4.87. The van der Waals surface area contributed by atoms with E-state index in [1.807, 2.05) is 0 Å². The van der Waals surface area contributed by atoms with E-state index in [9.17, 15) is 14.9 Å². The van der Waals surface area contributed by atoms with Crippen LogP contribution in [0.4, 0.5) is 5.69 Å². The fourth-order valence-electron chi connectivity index (χ4n) is 1.68. The Bertz CT molecular complexity index is 495. The number of amides is 1. The highest BCUT2D eigenvalue weighted by Gasteiger charge is 2.26. The van der Waals surface area contributed by atoms with E-state index in [4.69, 9.17) is 21.4 Å². The molecule has 0 fully saturated rings. The molecule has 0 aromatic heterocycles. The summed E-state index contributed by atoms with van der Waals surface area (Å²) in [6.45, 7) is 0.301. The Morgan fingerprint density at radius 1 is 1.50 bits per heavy atom. The van der Waals surface area contributed by atoms with Gasteiger partial charge in [0, 0.05) is 20.2 Å². The number of nitro groups is 1. The van der Waals surface area contributed by atoms with Crippen LogP contribution in [0.1, 0.15) is 10.4 Å². The molecular weight excluding hydrogens is 288 g/mol. The zero-order chi connectivity index (χ0) is 15.1. The van der Waals surface area contributed by atoms with Crippen molar-refractivity contribution in [1.82, 2.24) is 4.90 Å². The van der Waals surface area contributed by atoms with Gasteiger partial charge in [-0.25, -0.2) is 0 Å². The summed E-state index contributed by atoms with van der Waals surface area (Å²) in [6.07, 6.45) is 0. The Hall–Kier alpha value is -1.70. The molecule has 0 saturated carbocycles. The Balaban J connectivity index is 3.11. The van der Waals surface area contributed by atoms with Crippen molar-refractivity contribution < 1.29 is 19.6 Å². The van der Waals surface area contributed by atoms with Crippen molar-refractivity contribution >= 4 is 23.2 Å². The molecule has 0 spiro atoms. The van der Waals surface area contributed by atoms with Crippen LogP contribution < -0.4 is 0 Å². The quantitative estimate of drug-likeness (QED) is 0.606. The molecule has 0 aliphatic heterocycles. The highest BCUT2D eigenvalue weighted by Crippen LogP contribution is 2.29. The zero-order valence-electron chi connectivity index (χ0n) is 10.9. The molecule has 1 aromatic rings. The summed E-state index contributed by atoms with van der Waals surface area (Å²) >= 11 is 5.77. The number of rotatable bonds is 7. The van der Waals surface area contributed by atoms with Crippen LogP contribution in [0.2, 0.25) is 5.02 Å². The first-order valence-corrected chi connectivity index (χ1v) is 6.22. The molecule has 0 bridgehead atoms. The fraction of sp³-hybridized carbons (Fsp3) is 0.417. The van der Waals surface area contributed by atoms with Crippen LogP contribution in [0.3, 0.4) is 0 Å². The average molecular weight is 303 g/mol. The van der Waals surface area contributed by atoms with Gasteiger partial charge in [-0.05, 0) is 12.1 Å². The molecule has 1 aromatic carbocycles. The number of halogens is 1. The topological polar surface area (TPSA) is 92.9 Å². The van der Waals surface area contributed by atoms with Gasteiger partial charge in [-0.1, -0.05) is 17.7 Å². The summed E-state index contributed by atoms with van der Waals surface area (Å²) in [5, 5.41) is 19.9. The van der Waals surface area contributed by atoms with E-state index in [1.165, 1.54) is 30.2 Å². The van der Waals surface area contributed by atoms with E-state index in [2.05, 4.69) is 0 Å². The summed E-state index contributed by atoms with van der Waals surface area (Å²) in [5.41, 5.74) is -0.536. The summed E-state index contributed by atoms with van der Waals surface area (Å²) in [7, 11) is 1.48. The first kappa shape index (κ1) is 16.4. The molecule has 1 rings (SSSR count). The van der Waals surface area contributed by atoms with Crippen molar-refractivity contribution in [2.75, 3.05) is 33.4 Å². The number of hydrogen-bond acceptors (Lipinski definition) is 5. The van der Waals surface area contributed by atoms with Gasteiger partial charge in [0.2, 0.25) is 0 Å². The van der Waals surface area contributed by atoms with Gasteiger partial charge in [0.1, 0.15) is 10.6 Å². The van der Waals surface area contributed by atoms with Crippen molar-refractivity contribution in [2.45, 2.75) is 0 Å². The third-order valence-corrected chi connectivity index (χ3v) is 2.93. The molecule has 1 amide bonds. The van der Waals surface area contributed by atoms with Crippen LogP contribution in [-0.2, 0) is 4.74 Å². The van der Waals surface area contributed by atoms with Crippen molar-refractivity contribution in [3.05, 3.63) is 38.9 Å². The Labute approximate surface area is 120 Å². The number of aliphatic hydroxyl groups excluding tert-OH is 1. The number of ether oxygens (including phenoxy) is 1. The minimum Gasteiger partial charge on any atom is -0.395 e. The number of nitrogens with zero attached hydrogens (tertiary/aromatic N) is 2. The first-order chi connectivity index (χ1) is 9.52. The number of methoxy groups -OCH3 is 1. The first-order valence-electron chi connectivity index (χ1n) is 5.85. The molecule has 0 unspecified atom stereocenters. The highest BCUT2D eigenvalue weighted by molar-refractivity contribution is 6.33. The minimum absolute atomic E-state index is 0.0614. The Morgan fingerprint density at radius 2 is 2.20 bits per heavy atom. The smallest absolute Gasteiger partial charge is 0.300 e. The number of benzene rings is 1. The molecule has 7 nitrogen and oxygen atoms in total. The Kier molecular flexibility index (Phi) is 6.37.